The molecule has 0 aromatic heterocycles. The van der Waals surface area contributed by atoms with Gasteiger partial charge in [-0.1, -0.05) is 6.92 Å². The molecule has 1 amide bonds. The molecule has 0 aromatic rings. The molecule has 0 spiro atoms. The Morgan fingerprint density at radius 3 is 2.57 bits per heavy atom. The van der Waals surface area contributed by atoms with Crippen molar-refractivity contribution in [1.82, 2.24) is 9.44 Å². The first-order valence-electron chi connectivity index (χ1n) is 3.90. The Hall–Kier alpha value is -0.530. The maximum atomic E-state index is 11.0. The highest BCUT2D eigenvalue weighted by molar-refractivity contribution is 7.88. The Balaban J connectivity index is 4.03. The molecule has 0 aliphatic carbocycles. The van der Waals surface area contributed by atoms with E-state index in [1.165, 1.54) is 0 Å². The quantitative estimate of drug-likeness (QED) is 0.677. The molecule has 84 valence electrons. The minimum Gasteiger partial charge on any atom is -0.452 e. The molecular formula is C6H13ClN2O4S. The van der Waals surface area contributed by atoms with Crippen LogP contribution >= 0.6 is 11.6 Å². The molecule has 0 bridgehead atoms. The average molecular weight is 245 g/mol. The normalized spacial score (nSPS) is 13.4. The summed E-state index contributed by atoms with van der Waals surface area (Å²) in [4.78, 5) is 10.6. The van der Waals surface area contributed by atoms with Crippen LogP contribution in [0.25, 0.3) is 0 Å². The number of carbonyl (C=O) groups excluding carboxylic acids is 1. The second kappa shape index (κ2) is 6.05. The van der Waals surface area contributed by atoms with Gasteiger partial charge in [0.2, 0.25) is 0 Å². The number of nitrogens with one attached hydrogen (secondary N) is 2. The monoisotopic (exact) mass is 244 g/mol. The molecule has 0 aliphatic rings. The largest absolute Gasteiger partial charge is 0.452 e. The first-order chi connectivity index (χ1) is 6.41. The highest BCUT2D eigenvalue weighted by atomic mass is 35.5. The summed E-state index contributed by atoms with van der Waals surface area (Å²) in [7, 11) is -2.79. The van der Waals surface area contributed by atoms with Crippen molar-refractivity contribution in [2.45, 2.75) is 18.7 Å². The topological polar surface area (TPSA) is 84.5 Å². The summed E-state index contributed by atoms with van der Waals surface area (Å²) in [5.41, 5.74) is 0. The average Bonchev–Trinajstić information content (AvgIpc) is 2.13. The third kappa shape index (κ3) is 6.01. The van der Waals surface area contributed by atoms with Gasteiger partial charge in [-0.3, -0.25) is 0 Å². The van der Waals surface area contributed by atoms with Crippen molar-refractivity contribution in [3.63, 3.8) is 0 Å². The maximum absolute atomic E-state index is 11.0. The standard InChI is InChI=1S/C6H13ClN2O4S/c1-3-5(7)4-8-14(11,12)9-6(10)13-2/h5,8H,3-4H2,1-2H3,(H,9,10). The summed E-state index contributed by atoms with van der Waals surface area (Å²) in [6, 6.07) is 0. The van der Waals surface area contributed by atoms with Crippen LogP contribution in [0.5, 0.6) is 0 Å². The molecule has 1 atom stereocenters. The lowest BCUT2D eigenvalue weighted by atomic mass is 10.3. The number of alkyl halides is 1. The van der Waals surface area contributed by atoms with E-state index >= 15 is 0 Å². The lowest BCUT2D eigenvalue weighted by molar-refractivity contribution is 0.177. The van der Waals surface area contributed by atoms with Gasteiger partial charge in [-0.15, -0.1) is 11.6 Å². The predicted molar refractivity (Wildman–Crippen MR) is 52.4 cm³/mol. The number of amides is 1. The Labute approximate surface area is 88.1 Å². The van der Waals surface area contributed by atoms with E-state index in [1.807, 2.05) is 6.92 Å². The maximum Gasteiger partial charge on any atom is 0.421 e. The molecule has 0 saturated heterocycles. The first-order valence-corrected chi connectivity index (χ1v) is 5.82. The van der Waals surface area contributed by atoms with E-state index < -0.39 is 16.3 Å². The van der Waals surface area contributed by atoms with Gasteiger partial charge in [-0.2, -0.15) is 13.1 Å². The summed E-state index contributed by atoms with van der Waals surface area (Å²) in [6.07, 6.45) is -0.414. The molecule has 0 fully saturated rings. The van der Waals surface area contributed by atoms with Gasteiger partial charge >= 0.3 is 16.3 Å². The van der Waals surface area contributed by atoms with Crippen molar-refractivity contribution in [2.75, 3.05) is 13.7 Å². The summed E-state index contributed by atoms with van der Waals surface area (Å²) in [6.45, 7) is 1.88. The fraction of sp³-hybridized carbons (Fsp3) is 0.833. The zero-order valence-corrected chi connectivity index (χ0v) is 9.48. The molecule has 0 rings (SSSR count). The van der Waals surface area contributed by atoms with E-state index in [-0.39, 0.29) is 11.9 Å². The van der Waals surface area contributed by atoms with Crippen LogP contribution in [-0.4, -0.2) is 33.5 Å². The summed E-state index contributed by atoms with van der Waals surface area (Å²) < 4.78 is 29.9. The predicted octanol–water partition coefficient (Wildman–Crippen LogP) is 0.194. The number of hydrogen-bond donors (Lipinski definition) is 2. The molecule has 2 N–H and O–H groups in total. The lowest BCUT2D eigenvalue weighted by Gasteiger charge is -2.09. The van der Waals surface area contributed by atoms with E-state index in [0.717, 1.165) is 7.11 Å². The highest BCUT2D eigenvalue weighted by Gasteiger charge is 2.15. The number of hydrogen-bond acceptors (Lipinski definition) is 4. The minimum atomic E-state index is -3.86. The number of methoxy groups -OCH3 is 1. The summed E-state index contributed by atoms with van der Waals surface area (Å²) >= 11 is 5.67. The Bertz CT molecular complexity index is 280. The van der Waals surface area contributed by atoms with Gasteiger partial charge in [0.05, 0.1) is 7.11 Å². The van der Waals surface area contributed by atoms with Gasteiger partial charge in [0.1, 0.15) is 0 Å². The molecule has 0 saturated carbocycles. The molecular weight excluding hydrogens is 232 g/mol. The van der Waals surface area contributed by atoms with Crippen LogP contribution in [0, 0.1) is 0 Å². The molecule has 6 nitrogen and oxygen atoms in total. The minimum absolute atomic E-state index is 0.0599. The van der Waals surface area contributed by atoms with Crippen molar-refractivity contribution in [1.29, 1.82) is 0 Å². The third-order valence-electron chi connectivity index (χ3n) is 1.34. The zero-order chi connectivity index (χ0) is 11.2. The van der Waals surface area contributed by atoms with Crippen LogP contribution in [0.1, 0.15) is 13.3 Å². The second-order valence-corrected chi connectivity index (χ2v) is 4.57. The number of rotatable bonds is 5. The van der Waals surface area contributed by atoms with Gasteiger partial charge in [0, 0.05) is 11.9 Å². The van der Waals surface area contributed by atoms with Crippen LogP contribution in [0.15, 0.2) is 0 Å². The van der Waals surface area contributed by atoms with E-state index in [2.05, 4.69) is 9.46 Å². The molecule has 0 heterocycles. The molecule has 14 heavy (non-hydrogen) atoms. The van der Waals surface area contributed by atoms with E-state index in [9.17, 15) is 13.2 Å². The van der Waals surface area contributed by atoms with E-state index in [0.29, 0.717) is 6.42 Å². The molecule has 0 aliphatic heterocycles. The van der Waals surface area contributed by atoms with Crippen LogP contribution in [0.4, 0.5) is 4.79 Å². The fourth-order valence-corrected chi connectivity index (χ4v) is 1.50. The number of carbonyl (C=O) groups is 1. The summed E-state index contributed by atoms with van der Waals surface area (Å²) in [5, 5.41) is -0.302. The van der Waals surface area contributed by atoms with E-state index in [4.69, 9.17) is 11.6 Å². The zero-order valence-electron chi connectivity index (χ0n) is 7.91. The van der Waals surface area contributed by atoms with Gasteiger partial charge in [-0.25, -0.2) is 9.52 Å². The Morgan fingerprint density at radius 1 is 1.57 bits per heavy atom. The molecule has 0 radical (unpaired) electrons. The van der Waals surface area contributed by atoms with Crippen molar-refractivity contribution in [3.05, 3.63) is 0 Å². The van der Waals surface area contributed by atoms with Crippen LogP contribution in [0.3, 0.4) is 0 Å². The molecule has 8 heteroatoms. The van der Waals surface area contributed by atoms with Crippen molar-refractivity contribution < 1.29 is 17.9 Å². The Kier molecular flexibility index (Phi) is 5.82. The van der Waals surface area contributed by atoms with Crippen molar-refractivity contribution >= 4 is 27.9 Å². The van der Waals surface area contributed by atoms with Crippen molar-refractivity contribution in [2.24, 2.45) is 0 Å². The van der Waals surface area contributed by atoms with Crippen LogP contribution < -0.4 is 9.44 Å². The highest BCUT2D eigenvalue weighted by Crippen LogP contribution is 1.98. The lowest BCUT2D eigenvalue weighted by Crippen LogP contribution is -2.42. The first kappa shape index (κ1) is 13.5. The van der Waals surface area contributed by atoms with Gasteiger partial charge in [0.25, 0.3) is 0 Å². The third-order valence-corrected chi connectivity index (χ3v) is 2.79. The number of ether oxygens (including phenoxy) is 1. The molecule has 1 unspecified atom stereocenters. The Morgan fingerprint density at radius 2 is 2.14 bits per heavy atom. The van der Waals surface area contributed by atoms with Gasteiger partial charge < -0.3 is 4.74 Å². The van der Waals surface area contributed by atoms with Gasteiger partial charge in [0.15, 0.2) is 0 Å². The number of halogens is 1. The van der Waals surface area contributed by atoms with Crippen LogP contribution in [-0.2, 0) is 14.9 Å². The fourth-order valence-electron chi connectivity index (χ4n) is 0.532. The second-order valence-electron chi connectivity index (χ2n) is 2.45. The van der Waals surface area contributed by atoms with Gasteiger partial charge in [-0.05, 0) is 6.42 Å². The van der Waals surface area contributed by atoms with E-state index in [1.54, 1.807) is 4.72 Å². The van der Waals surface area contributed by atoms with Crippen LogP contribution in [0.2, 0.25) is 0 Å². The summed E-state index contributed by atoms with van der Waals surface area (Å²) in [5.74, 6) is 0. The SMILES string of the molecule is CCC(Cl)CNS(=O)(=O)NC(=O)OC. The molecule has 0 aromatic carbocycles. The smallest absolute Gasteiger partial charge is 0.421 e. The van der Waals surface area contributed by atoms with Crippen molar-refractivity contribution in [3.8, 4) is 0 Å².